The number of phenolic OH excluding ortho intramolecular Hbond substituents is 1. The first kappa shape index (κ1) is 37.1. The zero-order chi connectivity index (χ0) is 33.7. The number of ether oxygens (including phenoxy) is 2. The van der Waals surface area contributed by atoms with Crippen molar-refractivity contribution in [2.24, 2.45) is 5.92 Å². The molecule has 45 heavy (non-hydrogen) atoms. The summed E-state index contributed by atoms with van der Waals surface area (Å²) in [7, 11) is 0. The molecule has 10 heteroatoms. The summed E-state index contributed by atoms with van der Waals surface area (Å²) in [5.74, 6) is -0.908. The summed E-state index contributed by atoms with van der Waals surface area (Å²) in [6, 6.07) is 11.2. The van der Waals surface area contributed by atoms with Crippen molar-refractivity contribution >= 4 is 23.9 Å². The first-order valence-corrected chi connectivity index (χ1v) is 15.7. The van der Waals surface area contributed by atoms with E-state index in [0.717, 1.165) is 12.0 Å². The van der Waals surface area contributed by atoms with Crippen LogP contribution in [0.5, 0.6) is 5.75 Å². The summed E-state index contributed by atoms with van der Waals surface area (Å²) in [5.41, 5.74) is 1.34. The number of esters is 1. The largest absolute Gasteiger partial charge is 0.508 e. The van der Waals surface area contributed by atoms with Crippen molar-refractivity contribution in [3.63, 3.8) is 0 Å². The van der Waals surface area contributed by atoms with Gasteiger partial charge in [-0.25, -0.2) is 4.79 Å². The summed E-state index contributed by atoms with van der Waals surface area (Å²) in [6.07, 6.45) is 0.732. The van der Waals surface area contributed by atoms with Gasteiger partial charge in [-0.05, 0) is 89.1 Å². The van der Waals surface area contributed by atoms with Gasteiger partial charge < -0.3 is 30.1 Å². The molecule has 2 rings (SSSR count). The van der Waals surface area contributed by atoms with E-state index in [9.17, 15) is 24.3 Å². The summed E-state index contributed by atoms with van der Waals surface area (Å²) in [5, 5.41) is 15.4. The van der Waals surface area contributed by atoms with E-state index in [4.69, 9.17) is 9.47 Å². The van der Waals surface area contributed by atoms with E-state index in [0.29, 0.717) is 23.5 Å². The van der Waals surface area contributed by atoms with Gasteiger partial charge in [-0.3, -0.25) is 14.4 Å². The third-order valence-electron chi connectivity index (χ3n) is 7.20. The molecular formula is C35H51N3O7. The Balaban J connectivity index is 2.62. The summed E-state index contributed by atoms with van der Waals surface area (Å²) in [4.78, 5) is 55.4. The second-order valence-electron chi connectivity index (χ2n) is 12.7. The maximum Gasteiger partial charge on any atom is 0.408 e. The van der Waals surface area contributed by atoms with Crippen molar-refractivity contribution in [3.05, 3.63) is 65.2 Å². The van der Waals surface area contributed by atoms with Crippen LogP contribution in [0.25, 0.3) is 0 Å². The van der Waals surface area contributed by atoms with Gasteiger partial charge in [0.1, 0.15) is 23.4 Å². The number of amides is 3. The second kappa shape index (κ2) is 17.4. The quantitative estimate of drug-likeness (QED) is 0.219. The lowest BCUT2D eigenvalue weighted by Crippen LogP contribution is -2.56. The van der Waals surface area contributed by atoms with Crippen molar-refractivity contribution < 1.29 is 33.8 Å². The van der Waals surface area contributed by atoms with Crippen LogP contribution in [0.4, 0.5) is 4.79 Å². The Labute approximate surface area is 267 Å². The van der Waals surface area contributed by atoms with Crippen molar-refractivity contribution in [2.45, 2.75) is 105 Å². The van der Waals surface area contributed by atoms with Gasteiger partial charge in [0.05, 0.1) is 13.0 Å². The predicted molar refractivity (Wildman–Crippen MR) is 174 cm³/mol. The Morgan fingerprint density at radius 2 is 1.60 bits per heavy atom. The van der Waals surface area contributed by atoms with E-state index in [1.54, 1.807) is 44.7 Å². The molecule has 0 radical (unpaired) electrons. The van der Waals surface area contributed by atoms with E-state index in [-0.39, 0.29) is 31.7 Å². The molecule has 0 aromatic heterocycles. The molecule has 0 saturated heterocycles. The van der Waals surface area contributed by atoms with E-state index in [1.165, 1.54) is 12.1 Å². The highest BCUT2D eigenvalue weighted by Gasteiger charge is 2.39. The van der Waals surface area contributed by atoms with Gasteiger partial charge in [0, 0.05) is 19.0 Å². The second-order valence-corrected chi connectivity index (χ2v) is 12.7. The number of hydrogen-bond donors (Lipinski definition) is 3. The number of nitrogens with zero attached hydrogens (tertiary/aromatic N) is 1. The third kappa shape index (κ3) is 12.4. The number of carbonyl (C=O) groups is 4. The highest BCUT2D eigenvalue weighted by atomic mass is 16.6. The Morgan fingerprint density at radius 1 is 0.956 bits per heavy atom. The number of benzene rings is 2. The molecule has 0 heterocycles. The Kier molecular flexibility index (Phi) is 14.4. The van der Waals surface area contributed by atoms with E-state index in [1.807, 2.05) is 38.1 Å². The molecule has 10 nitrogen and oxygen atoms in total. The van der Waals surface area contributed by atoms with E-state index < -0.39 is 47.6 Å². The molecule has 0 spiro atoms. The maximum absolute atomic E-state index is 14.8. The SMILES string of the molecule is CCOC(=O)CCNC(=O)C(c1ccccc1C)N(C(=O)C(Cc1ccc(O)cc1)NC(=O)OC(C)(C)C)C(C)CCC(C)C. The van der Waals surface area contributed by atoms with Crippen LogP contribution >= 0.6 is 0 Å². The van der Waals surface area contributed by atoms with Gasteiger partial charge in [-0.2, -0.15) is 0 Å². The van der Waals surface area contributed by atoms with Crippen molar-refractivity contribution in [3.8, 4) is 5.75 Å². The number of aryl methyl sites for hydroxylation is 1. The minimum Gasteiger partial charge on any atom is -0.508 e. The maximum atomic E-state index is 14.8. The average molecular weight is 626 g/mol. The standard InChI is InChI=1S/C35H51N3O7/c1-9-44-30(40)20-21-36-32(41)31(28-13-11-10-12-24(28)4)38(25(5)15-14-23(2)3)33(42)29(37-34(43)45-35(6,7)8)22-26-16-18-27(39)19-17-26/h10-13,16-19,23,25,29,31,39H,9,14-15,20-22H2,1-8H3,(H,36,41)(H,37,43). The zero-order valence-electron chi connectivity index (χ0n) is 28.0. The molecule has 3 unspecified atom stereocenters. The molecule has 0 aliphatic rings. The number of carbonyl (C=O) groups excluding carboxylic acids is 4. The zero-order valence-corrected chi connectivity index (χ0v) is 28.0. The fourth-order valence-electron chi connectivity index (χ4n) is 4.94. The van der Waals surface area contributed by atoms with Crippen LogP contribution in [0.2, 0.25) is 0 Å². The van der Waals surface area contributed by atoms with Gasteiger partial charge in [-0.1, -0.05) is 50.2 Å². The number of phenols is 1. The Bertz CT molecular complexity index is 1270. The van der Waals surface area contributed by atoms with Gasteiger partial charge in [-0.15, -0.1) is 0 Å². The monoisotopic (exact) mass is 625 g/mol. The first-order valence-electron chi connectivity index (χ1n) is 15.7. The molecule has 0 bridgehead atoms. The number of hydrogen-bond acceptors (Lipinski definition) is 7. The lowest BCUT2D eigenvalue weighted by Gasteiger charge is -2.39. The molecule has 3 atom stereocenters. The Morgan fingerprint density at radius 3 is 2.18 bits per heavy atom. The minimum atomic E-state index is -1.09. The van der Waals surface area contributed by atoms with Crippen LogP contribution in [0.1, 0.15) is 90.5 Å². The van der Waals surface area contributed by atoms with Crippen molar-refractivity contribution in [1.82, 2.24) is 15.5 Å². The topological polar surface area (TPSA) is 134 Å². The van der Waals surface area contributed by atoms with Crippen molar-refractivity contribution in [2.75, 3.05) is 13.2 Å². The molecule has 0 saturated carbocycles. The third-order valence-corrected chi connectivity index (χ3v) is 7.20. The van der Waals surface area contributed by atoms with Crippen LogP contribution in [0.15, 0.2) is 48.5 Å². The fourth-order valence-corrected chi connectivity index (χ4v) is 4.94. The van der Waals surface area contributed by atoms with Crippen LogP contribution < -0.4 is 10.6 Å². The highest BCUT2D eigenvalue weighted by Crippen LogP contribution is 2.30. The van der Waals surface area contributed by atoms with Gasteiger partial charge in [0.15, 0.2) is 0 Å². The number of aromatic hydroxyl groups is 1. The number of nitrogens with one attached hydrogen (secondary N) is 2. The van der Waals surface area contributed by atoms with Gasteiger partial charge in [0.2, 0.25) is 11.8 Å². The first-order chi connectivity index (χ1) is 21.1. The average Bonchev–Trinajstić information content (AvgIpc) is 2.94. The van der Waals surface area contributed by atoms with Crippen LogP contribution in [0.3, 0.4) is 0 Å². The molecule has 2 aromatic carbocycles. The molecule has 2 aromatic rings. The summed E-state index contributed by atoms with van der Waals surface area (Å²) < 4.78 is 10.5. The van der Waals surface area contributed by atoms with Crippen LogP contribution in [0, 0.1) is 12.8 Å². The molecule has 0 fully saturated rings. The van der Waals surface area contributed by atoms with Gasteiger partial charge in [0.25, 0.3) is 0 Å². The number of rotatable bonds is 15. The van der Waals surface area contributed by atoms with Crippen LogP contribution in [-0.4, -0.2) is 64.7 Å². The molecule has 0 aliphatic heterocycles. The molecule has 3 amide bonds. The normalized spacial score (nSPS) is 13.4. The lowest BCUT2D eigenvalue weighted by molar-refractivity contribution is -0.146. The lowest BCUT2D eigenvalue weighted by atomic mass is 9.94. The van der Waals surface area contributed by atoms with E-state index in [2.05, 4.69) is 24.5 Å². The fraction of sp³-hybridized carbons (Fsp3) is 0.543. The molecule has 0 aliphatic carbocycles. The van der Waals surface area contributed by atoms with Crippen LogP contribution in [-0.2, 0) is 30.3 Å². The Hall–Kier alpha value is -4.08. The minimum absolute atomic E-state index is 0.0133. The molecule has 3 N–H and O–H groups in total. The van der Waals surface area contributed by atoms with Crippen molar-refractivity contribution in [1.29, 1.82) is 0 Å². The van der Waals surface area contributed by atoms with E-state index >= 15 is 0 Å². The molecule has 248 valence electrons. The number of alkyl carbamates (subject to hydrolysis) is 1. The molecular weight excluding hydrogens is 574 g/mol. The predicted octanol–water partition coefficient (Wildman–Crippen LogP) is 5.60. The smallest absolute Gasteiger partial charge is 0.408 e. The summed E-state index contributed by atoms with van der Waals surface area (Å²) >= 11 is 0. The highest BCUT2D eigenvalue weighted by molar-refractivity contribution is 5.93. The summed E-state index contributed by atoms with van der Waals surface area (Å²) in [6.45, 7) is 15.2. The van der Waals surface area contributed by atoms with Gasteiger partial charge >= 0.3 is 12.1 Å².